The molecule has 0 bridgehead atoms. The molecule has 1 aliphatic heterocycles. The minimum Gasteiger partial charge on any atom is -0.314 e. The fourth-order valence-corrected chi connectivity index (χ4v) is 4.13. The minimum atomic E-state index is -3.37. The average Bonchev–Trinajstić information content (AvgIpc) is 2.33. The third-order valence-corrected chi connectivity index (χ3v) is 5.46. The van der Waals surface area contributed by atoms with Crippen LogP contribution in [0.25, 0.3) is 0 Å². The standard InChI is InChI=1S/C13H18Cl2N2O2S.ClH/c1-9-6-11(4-5-16-9)17-20(18,19)8-10-2-3-12(14)13(15)7-10;/h2-3,7,9,11,16-17H,4-6,8H2,1H3;1H. The monoisotopic (exact) mass is 372 g/mol. The molecule has 21 heavy (non-hydrogen) atoms. The van der Waals surface area contributed by atoms with E-state index in [0.717, 1.165) is 19.4 Å². The van der Waals surface area contributed by atoms with Gasteiger partial charge < -0.3 is 5.32 Å². The molecule has 1 fully saturated rings. The van der Waals surface area contributed by atoms with Gasteiger partial charge in [0.1, 0.15) is 0 Å². The number of sulfonamides is 1. The van der Waals surface area contributed by atoms with Crippen LogP contribution in [0.5, 0.6) is 0 Å². The first kappa shape index (κ1) is 19.0. The Morgan fingerprint density at radius 3 is 2.67 bits per heavy atom. The highest BCUT2D eigenvalue weighted by Crippen LogP contribution is 2.23. The second-order valence-corrected chi connectivity index (χ2v) is 7.77. The van der Waals surface area contributed by atoms with Crippen molar-refractivity contribution in [2.75, 3.05) is 6.54 Å². The summed E-state index contributed by atoms with van der Waals surface area (Å²) in [7, 11) is -3.37. The van der Waals surface area contributed by atoms with Gasteiger partial charge in [-0.2, -0.15) is 0 Å². The van der Waals surface area contributed by atoms with Gasteiger partial charge in [-0.3, -0.25) is 0 Å². The van der Waals surface area contributed by atoms with Crippen molar-refractivity contribution in [3.8, 4) is 0 Å². The van der Waals surface area contributed by atoms with E-state index in [9.17, 15) is 8.42 Å². The molecule has 2 atom stereocenters. The minimum absolute atomic E-state index is 0. The van der Waals surface area contributed by atoms with E-state index in [0.29, 0.717) is 21.7 Å². The van der Waals surface area contributed by atoms with Crippen LogP contribution in [-0.2, 0) is 15.8 Å². The number of hydrogen-bond acceptors (Lipinski definition) is 3. The zero-order valence-electron chi connectivity index (χ0n) is 11.6. The van der Waals surface area contributed by atoms with E-state index in [-0.39, 0.29) is 24.2 Å². The van der Waals surface area contributed by atoms with Gasteiger partial charge in [-0.1, -0.05) is 29.3 Å². The Kier molecular flexibility index (Phi) is 7.24. The highest BCUT2D eigenvalue weighted by atomic mass is 35.5. The quantitative estimate of drug-likeness (QED) is 0.853. The molecule has 120 valence electrons. The molecule has 2 rings (SSSR count). The lowest BCUT2D eigenvalue weighted by Crippen LogP contribution is -2.46. The van der Waals surface area contributed by atoms with Crippen LogP contribution in [0.2, 0.25) is 10.0 Å². The summed E-state index contributed by atoms with van der Waals surface area (Å²) in [4.78, 5) is 0. The molecule has 2 unspecified atom stereocenters. The second-order valence-electron chi connectivity index (χ2n) is 5.20. The topological polar surface area (TPSA) is 58.2 Å². The number of benzene rings is 1. The maximum absolute atomic E-state index is 12.2. The molecule has 0 spiro atoms. The molecule has 1 aliphatic rings. The van der Waals surface area contributed by atoms with Crippen molar-refractivity contribution in [1.82, 2.24) is 10.0 Å². The fourth-order valence-electron chi connectivity index (χ4n) is 2.38. The van der Waals surface area contributed by atoms with Crippen LogP contribution in [0.15, 0.2) is 18.2 Å². The van der Waals surface area contributed by atoms with Crippen molar-refractivity contribution in [2.45, 2.75) is 37.6 Å². The molecule has 0 saturated carbocycles. The van der Waals surface area contributed by atoms with Crippen LogP contribution >= 0.6 is 35.6 Å². The van der Waals surface area contributed by atoms with Gasteiger partial charge in [0, 0.05) is 12.1 Å². The van der Waals surface area contributed by atoms with Gasteiger partial charge in [0.2, 0.25) is 10.0 Å². The predicted molar refractivity (Wildman–Crippen MR) is 90.0 cm³/mol. The molecule has 1 aromatic rings. The van der Waals surface area contributed by atoms with Crippen LogP contribution in [0, 0.1) is 0 Å². The molecule has 1 heterocycles. The molecule has 0 aliphatic carbocycles. The highest BCUT2D eigenvalue weighted by molar-refractivity contribution is 7.88. The summed E-state index contributed by atoms with van der Waals surface area (Å²) in [6, 6.07) is 5.22. The molecule has 1 aromatic carbocycles. The van der Waals surface area contributed by atoms with Crippen LogP contribution in [0.1, 0.15) is 25.3 Å². The fraction of sp³-hybridized carbons (Fsp3) is 0.538. The maximum Gasteiger partial charge on any atom is 0.216 e. The smallest absolute Gasteiger partial charge is 0.216 e. The number of halogens is 3. The molecule has 2 N–H and O–H groups in total. The summed E-state index contributed by atoms with van der Waals surface area (Å²) in [6.07, 6.45) is 1.62. The molecule has 1 saturated heterocycles. The van der Waals surface area contributed by atoms with Gasteiger partial charge in [0.15, 0.2) is 0 Å². The van der Waals surface area contributed by atoms with Gasteiger partial charge in [0.05, 0.1) is 15.8 Å². The third-order valence-electron chi connectivity index (χ3n) is 3.31. The number of nitrogens with one attached hydrogen (secondary N) is 2. The van der Waals surface area contributed by atoms with Crippen molar-refractivity contribution in [3.63, 3.8) is 0 Å². The molecule has 0 aromatic heterocycles. The first-order valence-corrected chi connectivity index (χ1v) is 8.94. The Balaban J connectivity index is 0.00000220. The van der Waals surface area contributed by atoms with Gasteiger partial charge in [-0.05, 0) is 44.0 Å². The van der Waals surface area contributed by atoms with E-state index in [1.54, 1.807) is 18.2 Å². The number of piperidine rings is 1. The summed E-state index contributed by atoms with van der Waals surface area (Å²) in [6.45, 7) is 2.89. The SMILES string of the molecule is CC1CC(NS(=O)(=O)Cc2ccc(Cl)c(Cl)c2)CCN1.Cl. The lowest BCUT2D eigenvalue weighted by Gasteiger charge is -2.28. The third kappa shape index (κ3) is 5.93. The lowest BCUT2D eigenvalue weighted by molar-refractivity contribution is 0.361. The molecule has 8 heteroatoms. The van der Waals surface area contributed by atoms with Crippen LogP contribution in [0.3, 0.4) is 0 Å². The van der Waals surface area contributed by atoms with Crippen molar-refractivity contribution >= 4 is 45.6 Å². The Bertz CT molecular complexity index is 581. The van der Waals surface area contributed by atoms with Gasteiger partial charge in [-0.25, -0.2) is 13.1 Å². The second kappa shape index (κ2) is 7.99. The summed E-state index contributed by atoms with van der Waals surface area (Å²) < 4.78 is 27.1. The zero-order valence-corrected chi connectivity index (χ0v) is 14.7. The van der Waals surface area contributed by atoms with Gasteiger partial charge in [-0.15, -0.1) is 12.4 Å². The van der Waals surface area contributed by atoms with Crippen LogP contribution < -0.4 is 10.0 Å². The molecular weight excluding hydrogens is 355 g/mol. The molecule has 0 amide bonds. The van der Waals surface area contributed by atoms with Gasteiger partial charge in [0.25, 0.3) is 0 Å². The summed E-state index contributed by atoms with van der Waals surface area (Å²) in [5.41, 5.74) is 0.633. The largest absolute Gasteiger partial charge is 0.314 e. The molecule has 4 nitrogen and oxygen atoms in total. The number of rotatable bonds is 4. The number of hydrogen-bond donors (Lipinski definition) is 2. The Hall–Kier alpha value is -0.0400. The zero-order chi connectivity index (χ0) is 14.8. The van der Waals surface area contributed by atoms with E-state index in [1.807, 2.05) is 0 Å². The van der Waals surface area contributed by atoms with E-state index in [2.05, 4.69) is 17.0 Å². The van der Waals surface area contributed by atoms with E-state index >= 15 is 0 Å². The van der Waals surface area contributed by atoms with E-state index < -0.39 is 10.0 Å². The predicted octanol–water partition coefficient (Wildman–Crippen LogP) is 2.98. The average molecular weight is 374 g/mol. The van der Waals surface area contributed by atoms with Crippen molar-refractivity contribution in [2.24, 2.45) is 0 Å². The first-order chi connectivity index (χ1) is 9.35. The molecule has 0 radical (unpaired) electrons. The summed E-state index contributed by atoms with van der Waals surface area (Å²) in [5, 5.41) is 4.09. The van der Waals surface area contributed by atoms with Crippen LogP contribution in [-0.4, -0.2) is 27.0 Å². The van der Waals surface area contributed by atoms with Crippen molar-refractivity contribution in [3.05, 3.63) is 33.8 Å². The van der Waals surface area contributed by atoms with E-state index in [4.69, 9.17) is 23.2 Å². The Morgan fingerprint density at radius 1 is 1.33 bits per heavy atom. The van der Waals surface area contributed by atoms with Crippen molar-refractivity contribution < 1.29 is 8.42 Å². The Morgan fingerprint density at radius 2 is 2.05 bits per heavy atom. The van der Waals surface area contributed by atoms with E-state index in [1.165, 1.54) is 0 Å². The van der Waals surface area contributed by atoms with Crippen molar-refractivity contribution in [1.29, 1.82) is 0 Å². The lowest BCUT2D eigenvalue weighted by atomic mass is 10.0. The summed E-state index contributed by atoms with van der Waals surface area (Å²) >= 11 is 11.7. The molecular formula is C13H19Cl3N2O2S. The Labute approximate surface area is 142 Å². The first-order valence-electron chi connectivity index (χ1n) is 6.53. The maximum atomic E-state index is 12.2. The van der Waals surface area contributed by atoms with Gasteiger partial charge >= 0.3 is 0 Å². The normalized spacial score (nSPS) is 22.6. The van der Waals surface area contributed by atoms with Crippen LogP contribution in [0.4, 0.5) is 0 Å². The highest BCUT2D eigenvalue weighted by Gasteiger charge is 2.23. The summed E-state index contributed by atoms with van der Waals surface area (Å²) in [5.74, 6) is -0.0812.